The molecule has 0 bridgehead atoms. The summed E-state index contributed by atoms with van der Waals surface area (Å²) in [6.07, 6.45) is 0.693. The second kappa shape index (κ2) is 5.22. The van der Waals surface area contributed by atoms with Crippen LogP contribution in [0, 0.1) is 0 Å². The molecule has 0 radical (unpaired) electrons. The van der Waals surface area contributed by atoms with Crippen LogP contribution < -0.4 is 5.32 Å². The summed E-state index contributed by atoms with van der Waals surface area (Å²) in [6.45, 7) is 0. The minimum absolute atomic E-state index is 0.0868. The zero-order valence-corrected chi connectivity index (χ0v) is 11.7. The molecule has 0 fully saturated rings. The first kappa shape index (κ1) is 13.6. The van der Waals surface area contributed by atoms with Gasteiger partial charge < -0.3 is 10.4 Å². The number of carbonyl (C=O) groups is 2. The molecule has 106 valence electrons. The lowest BCUT2D eigenvalue weighted by atomic mass is 9.77. The van der Waals surface area contributed by atoms with Crippen molar-refractivity contribution in [1.82, 2.24) is 0 Å². The third-order valence-corrected chi connectivity index (χ3v) is 3.97. The standard InChI is InChI=1S/C16H12ClNO3/c17-13-6-5-10(16(20)21)8-14(13)18-15(19)12-7-9-3-1-2-4-11(9)12/h1-6,8,12H,7H2,(H,18,19)(H,20,21). The van der Waals surface area contributed by atoms with Gasteiger partial charge in [0.2, 0.25) is 5.91 Å². The summed E-state index contributed by atoms with van der Waals surface area (Å²) in [6, 6.07) is 12.0. The Morgan fingerprint density at radius 2 is 1.95 bits per heavy atom. The van der Waals surface area contributed by atoms with Crippen LogP contribution in [0.15, 0.2) is 42.5 Å². The summed E-state index contributed by atoms with van der Waals surface area (Å²) in [4.78, 5) is 23.2. The highest BCUT2D eigenvalue weighted by Crippen LogP contribution is 2.36. The maximum absolute atomic E-state index is 12.3. The number of halogens is 1. The molecule has 0 aliphatic heterocycles. The van der Waals surface area contributed by atoms with Gasteiger partial charge in [0, 0.05) is 0 Å². The van der Waals surface area contributed by atoms with Crippen molar-refractivity contribution in [2.24, 2.45) is 0 Å². The maximum atomic E-state index is 12.3. The van der Waals surface area contributed by atoms with Gasteiger partial charge in [-0.1, -0.05) is 35.9 Å². The van der Waals surface area contributed by atoms with Gasteiger partial charge in [-0.2, -0.15) is 0 Å². The average Bonchev–Trinajstić information content (AvgIpc) is 2.42. The summed E-state index contributed by atoms with van der Waals surface area (Å²) < 4.78 is 0. The van der Waals surface area contributed by atoms with Gasteiger partial charge in [-0.15, -0.1) is 0 Å². The number of carbonyl (C=O) groups excluding carboxylic acids is 1. The summed E-state index contributed by atoms with van der Waals surface area (Å²) in [5.41, 5.74) is 2.60. The number of hydrogen-bond acceptors (Lipinski definition) is 2. The Labute approximate surface area is 126 Å². The van der Waals surface area contributed by atoms with Crippen molar-refractivity contribution < 1.29 is 14.7 Å². The van der Waals surface area contributed by atoms with Crippen molar-refractivity contribution in [2.45, 2.75) is 12.3 Å². The first-order chi connectivity index (χ1) is 10.1. The molecule has 3 rings (SSSR count). The van der Waals surface area contributed by atoms with Crippen molar-refractivity contribution in [3.8, 4) is 0 Å². The van der Waals surface area contributed by atoms with Gasteiger partial charge in [-0.05, 0) is 35.7 Å². The molecule has 1 atom stereocenters. The first-order valence-corrected chi connectivity index (χ1v) is 6.85. The van der Waals surface area contributed by atoms with E-state index in [0.717, 1.165) is 5.56 Å². The van der Waals surface area contributed by atoms with Crippen molar-refractivity contribution in [1.29, 1.82) is 0 Å². The number of hydrogen-bond donors (Lipinski definition) is 2. The molecule has 1 amide bonds. The number of rotatable bonds is 3. The smallest absolute Gasteiger partial charge is 0.335 e. The van der Waals surface area contributed by atoms with Crippen LogP contribution in [0.5, 0.6) is 0 Å². The Kier molecular flexibility index (Phi) is 3.39. The van der Waals surface area contributed by atoms with E-state index in [4.69, 9.17) is 16.7 Å². The van der Waals surface area contributed by atoms with E-state index in [1.54, 1.807) is 0 Å². The van der Waals surface area contributed by atoms with Gasteiger partial charge in [0.25, 0.3) is 0 Å². The molecule has 5 heteroatoms. The van der Waals surface area contributed by atoms with Crippen molar-refractivity contribution >= 4 is 29.2 Å². The predicted molar refractivity (Wildman–Crippen MR) is 79.9 cm³/mol. The number of aromatic carboxylic acids is 1. The number of amides is 1. The molecule has 2 N–H and O–H groups in total. The number of anilines is 1. The molecule has 2 aromatic rings. The zero-order chi connectivity index (χ0) is 15.0. The zero-order valence-electron chi connectivity index (χ0n) is 11.0. The van der Waals surface area contributed by atoms with Crippen molar-refractivity contribution in [3.63, 3.8) is 0 Å². The molecule has 1 aliphatic carbocycles. The van der Waals surface area contributed by atoms with E-state index in [9.17, 15) is 9.59 Å². The lowest BCUT2D eigenvalue weighted by Crippen LogP contribution is -2.30. The summed E-state index contributed by atoms with van der Waals surface area (Å²) in [5.74, 6) is -1.43. The molecule has 4 nitrogen and oxygen atoms in total. The molecule has 0 aromatic heterocycles. The molecule has 0 heterocycles. The van der Waals surface area contributed by atoms with Gasteiger partial charge in [-0.25, -0.2) is 4.79 Å². The van der Waals surface area contributed by atoms with Crippen LogP contribution in [0.2, 0.25) is 5.02 Å². The van der Waals surface area contributed by atoms with Crippen LogP contribution in [-0.2, 0) is 11.2 Å². The Balaban J connectivity index is 1.80. The van der Waals surface area contributed by atoms with Crippen LogP contribution in [0.4, 0.5) is 5.69 Å². The van der Waals surface area contributed by atoms with Crippen LogP contribution in [0.25, 0.3) is 0 Å². The average molecular weight is 302 g/mol. The first-order valence-electron chi connectivity index (χ1n) is 6.48. The van der Waals surface area contributed by atoms with Crippen LogP contribution >= 0.6 is 11.6 Å². The molecule has 1 aliphatic rings. The minimum Gasteiger partial charge on any atom is -0.478 e. The number of carboxylic acids is 1. The van der Waals surface area contributed by atoms with E-state index in [-0.39, 0.29) is 17.4 Å². The van der Waals surface area contributed by atoms with Gasteiger partial charge in [0.05, 0.1) is 22.2 Å². The largest absolute Gasteiger partial charge is 0.478 e. The van der Waals surface area contributed by atoms with Gasteiger partial charge in [0.15, 0.2) is 0 Å². The number of carboxylic acid groups (broad SMARTS) is 1. The second-order valence-electron chi connectivity index (χ2n) is 4.94. The molecular weight excluding hydrogens is 290 g/mol. The third kappa shape index (κ3) is 2.50. The van der Waals surface area contributed by atoms with Crippen LogP contribution in [0.1, 0.15) is 27.4 Å². The van der Waals surface area contributed by atoms with Crippen molar-refractivity contribution in [2.75, 3.05) is 5.32 Å². The van der Waals surface area contributed by atoms with E-state index in [0.29, 0.717) is 17.1 Å². The highest BCUT2D eigenvalue weighted by Gasteiger charge is 2.31. The fourth-order valence-corrected chi connectivity index (χ4v) is 2.63. The highest BCUT2D eigenvalue weighted by molar-refractivity contribution is 6.34. The van der Waals surface area contributed by atoms with E-state index < -0.39 is 5.97 Å². The van der Waals surface area contributed by atoms with Crippen LogP contribution in [-0.4, -0.2) is 17.0 Å². The highest BCUT2D eigenvalue weighted by atomic mass is 35.5. The van der Waals surface area contributed by atoms with Gasteiger partial charge in [-0.3, -0.25) is 4.79 Å². The fourth-order valence-electron chi connectivity index (χ4n) is 2.47. The summed E-state index contributed by atoms with van der Waals surface area (Å²) in [5, 5.41) is 12.0. The second-order valence-corrected chi connectivity index (χ2v) is 5.35. The van der Waals surface area contributed by atoms with E-state index in [1.807, 2.05) is 24.3 Å². The number of nitrogens with one attached hydrogen (secondary N) is 1. The van der Waals surface area contributed by atoms with E-state index in [1.165, 1.54) is 23.8 Å². The number of benzene rings is 2. The van der Waals surface area contributed by atoms with Crippen LogP contribution in [0.3, 0.4) is 0 Å². The topological polar surface area (TPSA) is 66.4 Å². The third-order valence-electron chi connectivity index (χ3n) is 3.64. The fraction of sp³-hybridized carbons (Fsp3) is 0.125. The summed E-state index contributed by atoms with van der Waals surface area (Å²) in [7, 11) is 0. The Morgan fingerprint density at radius 3 is 2.67 bits per heavy atom. The Hall–Kier alpha value is -2.33. The van der Waals surface area contributed by atoms with Gasteiger partial charge >= 0.3 is 5.97 Å². The van der Waals surface area contributed by atoms with Gasteiger partial charge in [0.1, 0.15) is 0 Å². The predicted octanol–water partition coefficient (Wildman–Crippen LogP) is 3.32. The molecule has 0 saturated carbocycles. The molecule has 2 aromatic carbocycles. The lowest BCUT2D eigenvalue weighted by Gasteiger charge is -2.29. The SMILES string of the molecule is O=C(O)c1ccc(Cl)c(NC(=O)C2Cc3ccccc32)c1. The quantitative estimate of drug-likeness (QED) is 0.914. The molecular formula is C16H12ClNO3. The molecule has 0 saturated heterocycles. The minimum atomic E-state index is -1.06. The maximum Gasteiger partial charge on any atom is 0.335 e. The molecule has 1 unspecified atom stereocenters. The Morgan fingerprint density at radius 1 is 1.19 bits per heavy atom. The summed E-state index contributed by atoms with van der Waals surface area (Å²) >= 11 is 6.00. The van der Waals surface area contributed by atoms with E-state index >= 15 is 0 Å². The monoisotopic (exact) mass is 301 g/mol. The number of fused-ring (bicyclic) bond motifs is 1. The lowest BCUT2D eigenvalue weighted by molar-refractivity contribution is -0.118. The normalized spacial score (nSPS) is 15.8. The molecule has 0 spiro atoms. The Bertz CT molecular complexity index is 742. The van der Waals surface area contributed by atoms with Crippen molar-refractivity contribution in [3.05, 3.63) is 64.2 Å². The molecule has 21 heavy (non-hydrogen) atoms. The van der Waals surface area contributed by atoms with E-state index in [2.05, 4.69) is 5.32 Å².